The Morgan fingerprint density at radius 1 is 1.37 bits per heavy atom. The lowest BCUT2D eigenvalue weighted by atomic mass is 9.94. The number of rotatable bonds is 5. The number of hydrogen-bond acceptors (Lipinski definition) is 5. The normalized spacial score (nSPS) is 17.1. The summed E-state index contributed by atoms with van der Waals surface area (Å²) in [6.45, 7) is -0.786. The van der Waals surface area contributed by atoms with Crippen molar-refractivity contribution in [2.75, 3.05) is 19.6 Å². The molecule has 1 saturated heterocycles. The Kier molecular flexibility index (Phi) is 5.58. The lowest BCUT2D eigenvalue weighted by molar-refractivity contribution is -0.123. The van der Waals surface area contributed by atoms with Crippen LogP contribution in [-0.2, 0) is 10.0 Å². The van der Waals surface area contributed by atoms with Crippen molar-refractivity contribution < 1.29 is 26.4 Å². The third kappa shape index (κ3) is 4.68. The van der Waals surface area contributed by atoms with Crippen molar-refractivity contribution in [3.05, 3.63) is 35.0 Å². The maximum Gasteiger partial charge on any atom is 0.405 e. The zero-order valence-electron chi connectivity index (χ0n) is 14.0. The van der Waals surface area contributed by atoms with Crippen LogP contribution in [0, 0.1) is 0 Å². The summed E-state index contributed by atoms with van der Waals surface area (Å²) in [6, 6.07) is 4.66. The van der Waals surface area contributed by atoms with Crippen LogP contribution in [0.2, 0.25) is 0 Å². The summed E-state index contributed by atoms with van der Waals surface area (Å²) >= 11 is 1.16. The molecule has 7 nitrogen and oxygen atoms in total. The molecule has 0 radical (unpaired) electrons. The first-order valence-corrected chi connectivity index (χ1v) is 10.4. The molecule has 1 amide bonds. The topological polar surface area (TPSA) is 95.2 Å². The van der Waals surface area contributed by atoms with E-state index in [9.17, 15) is 26.4 Å². The number of piperidine rings is 1. The number of nitrogens with zero attached hydrogens (tertiary/aromatic N) is 2. The third-order valence-electron chi connectivity index (χ3n) is 4.26. The zero-order valence-corrected chi connectivity index (χ0v) is 15.6. The van der Waals surface area contributed by atoms with E-state index in [1.807, 2.05) is 0 Å². The summed E-state index contributed by atoms with van der Waals surface area (Å²) in [4.78, 5) is 11.7. The molecule has 1 aliphatic rings. The summed E-state index contributed by atoms with van der Waals surface area (Å²) < 4.78 is 63.2. The van der Waals surface area contributed by atoms with Gasteiger partial charge in [0, 0.05) is 24.7 Å². The fourth-order valence-corrected chi connectivity index (χ4v) is 5.49. The van der Waals surface area contributed by atoms with Crippen LogP contribution in [-0.4, -0.2) is 54.6 Å². The number of carbonyl (C=O) groups is 1. The second kappa shape index (κ2) is 7.60. The molecule has 2 N–H and O–H groups in total. The van der Waals surface area contributed by atoms with Crippen LogP contribution in [0.5, 0.6) is 0 Å². The molecule has 0 aliphatic carbocycles. The van der Waals surface area contributed by atoms with Crippen LogP contribution in [0.15, 0.2) is 27.8 Å². The Morgan fingerprint density at radius 3 is 2.67 bits per heavy atom. The average Bonchev–Trinajstić information content (AvgIpc) is 3.31. The highest BCUT2D eigenvalue weighted by Gasteiger charge is 2.32. The smallest absolute Gasteiger partial charge is 0.342 e. The molecule has 1 fully saturated rings. The molecule has 0 atom stereocenters. The number of H-pyrrole nitrogens is 1. The van der Waals surface area contributed by atoms with E-state index in [0.717, 1.165) is 11.3 Å². The Bertz CT molecular complexity index is 886. The molecular weight excluding hydrogens is 405 g/mol. The van der Waals surface area contributed by atoms with Crippen molar-refractivity contribution >= 4 is 27.3 Å². The first-order valence-electron chi connectivity index (χ1n) is 8.11. The molecule has 2 aromatic heterocycles. The minimum absolute atomic E-state index is 0.0450. The summed E-state index contributed by atoms with van der Waals surface area (Å²) in [6.07, 6.45) is -3.44. The molecule has 3 heterocycles. The molecular formula is C15H17F3N4O3S2. The summed E-state index contributed by atoms with van der Waals surface area (Å²) in [7, 11) is -3.50. The maximum atomic E-state index is 12.5. The number of carbonyl (C=O) groups excluding carboxylic acids is 1. The van der Waals surface area contributed by atoms with Gasteiger partial charge in [-0.1, -0.05) is 6.07 Å². The fraction of sp³-hybridized carbons (Fsp3) is 0.467. The number of halogens is 3. The van der Waals surface area contributed by atoms with E-state index >= 15 is 0 Å². The molecule has 0 unspecified atom stereocenters. The van der Waals surface area contributed by atoms with E-state index in [4.69, 9.17) is 0 Å². The van der Waals surface area contributed by atoms with Gasteiger partial charge >= 0.3 is 6.18 Å². The quantitative estimate of drug-likeness (QED) is 0.773. The van der Waals surface area contributed by atoms with E-state index in [1.54, 1.807) is 22.8 Å². The van der Waals surface area contributed by atoms with Gasteiger partial charge in [-0.2, -0.15) is 22.6 Å². The Balaban J connectivity index is 1.59. The summed E-state index contributed by atoms with van der Waals surface area (Å²) in [5.74, 6) is -0.955. The van der Waals surface area contributed by atoms with Crippen LogP contribution in [0.4, 0.5) is 13.2 Å². The Hall–Kier alpha value is -1.92. The molecule has 0 saturated carbocycles. The van der Waals surface area contributed by atoms with E-state index in [1.165, 1.54) is 10.4 Å². The molecule has 0 spiro atoms. The number of aromatic amines is 1. The molecule has 148 valence electrons. The van der Waals surface area contributed by atoms with Gasteiger partial charge in [0.2, 0.25) is 0 Å². The van der Waals surface area contributed by atoms with Gasteiger partial charge in [0.15, 0.2) is 0 Å². The predicted molar refractivity (Wildman–Crippen MR) is 92.0 cm³/mol. The van der Waals surface area contributed by atoms with Crippen molar-refractivity contribution in [3.63, 3.8) is 0 Å². The van der Waals surface area contributed by atoms with Crippen LogP contribution in [0.25, 0.3) is 0 Å². The van der Waals surface area contributed by atoms with Gasteiger partial charge < -0.3 is 5.32 Å². The molecule has 27 heavy (non-hydrogen) atoms. The van der Waals surface area contributed by atoms with Crippen molar-refractivity contribution in [2.24, 2.45) is 0 Å². The number of aromatic nitrogens is 2. The van der Waals surface area contributed by atoms with Crippen molar-refractivity contribution in [1.82, 2.24) is 19.8 Å². The van der Waals surface area contributed by atoms with E-state index in [0.29, 0.717) is 35.8 Å². The van der Waals surface area contributed by atoms with Gasteiger partial charge in [-0.15, -0.1) is 11.3 Å². The standard InChI is InChI=1S/C15H17F3N4O3S2/c16-15(17,18)9-19-14(23)12-8-11(20-21-12)10-3-5-22(6-4-10)27(24,25)13-2-1-7-26-13/h1-2,7-8,10H,3-6,9H2,(H,19,23)(H,20,21). The minimum Gasteiger partial charge on any atom is -0.342 e. The van der Waals surface area contributed by atoms with Crippen molar-refractivity contribution in [3.8, 4) is 0 Å². The monoisotopic (exact) mass is 422 g/mol. The number of amides is 1. The maximum absolute atomic E-state index is 12.5. The number of alkyl halides is 3. The van der Waals surface area contributed by atoms with Crippen LogP contribution in [0.3, 0.4) is 0 Å². The van der Waals surface area contributed by atoms with Crippen molar-refractivity contribution in [2.45, 2.75) is 29.1 Å². The first kappa shape index (κ1) is 19.8. The number of sulfonamides is 1. The second-order valence-corrected chi connectivity index (χ2v) is 9.23. The molecule has 12 heteroatoms. The molecule has 2 aromatic rings. The fourth-order valence-electron chi connectivity index (χ4n) is 2.88. The second-order valence-electron chi connectivity index (χ2n) is 6.12. The lowest BCUT2D eigenvalue weighted by Crippen LogP contribution is -2.37. The molecule has 3 rings (SSSR count). The Labute approximate surface area is 157 Å². The summed E-state index contributed by atoms with van der Waals surface area (Å²) in [5.41, 5.74) is 0.489. The lowest BCUT2D eigenvalue weighted by Gasteiger charge is -2.30. The van der Waals surface area contributed by atoms with Gasteiger partial charge in [0.25, 0.3) is 15.9 Å². The number of thiophene rings is 1. The van der Waals surface area contributed by atoms with E-state index in [2.05, 4.69) is 10.2 Å². The van der Waals surface area contributed by atoms with Crippen molar-refractivity contribution in [1.29, 1.82) is 0 Å². The zero-order chi connectivity index (χ0) is 19.7. The van der Waals surface area contributed by atoms with Gasteiger partial charge in [-0.05, 0) is 30.4 Å². The largest absolute Gasteiger partial charge is 0.405 e. The van der Waals surface area contributed by atoms with Gasteiger partial charge in [-0.3, -0.25) is 9.89 Å². The van der Waals surface area contributed by atoms with E-state index < -0.39 is 28.7 Å². The minimum atomic E-state index is -4.49. The number of hydrogen-bond donors (Lipinski definition) is 2. The van der Waals surface area contributed by atoms with Crippen LogP contribution < -0.4 is 5.32 Å². The first-order chi connectivity index (χ1) is 12.7. The third-order valence-corrected chi connectivity index (χ3v) is 7.53. The Morgan fingerprint density at radius 2 is 2.07 bits per heavy atom. The molecule has 1 aliphatic heterocycles. The summed E-state index contributed by atoms with van der Waals surface area (Å²) in [5, 5.41) is 9.91. The molecule has 0 bridgehead atoms. The van der Waals surface area contributed by atoms with Crippen LogP contribution >= 0.6 is 11.3 Å². The van der Waals surface area contributed by atoms with Gasteiger partial charge in [0.1, 0.15) is 16.4 Å². The number of nitrogens with one attached hydrogen (secondary N) is 2. The highest BCUT2D eigenvalue weighted by molar-refractivity contribution is 7.91. The average molecular weight is 422 g/mol. The molecule has 0 aromatic carbocycles. The van der Waals surface area contributed by atoms with E-state index in [-0.39, 0.29) is 11.6 Å². The highest BCUT2D eigenvalue weighted by Crippen LogP contribution is 2.31. The van der Waals surface area contributed by atoms with Gasteiger partial charge in [0.05, 0.1) is 0 Å². The van der Waals surface area contributed by atoms with Gasteiger partial charge in [-0.25, -0.2) is 8.42 Å². The predicted octanol–water partition coefficient (Wildman–Crippen LogP) is 2.33. The highest BCUT2D eigenvalue weighted by atomic mass is 32.2. The van der Waals surface area contributed by atoms with Crippen LogP contribution in [0.1, 0.15) is 34.9 Å². The SMILES string of the molecule is O=C(NCC(F)(F)F)c1cc(C2CCN(S(=O)(=O)c3cccs3)CC2)[nH]n1.